The number of alkyl halides is 4. The maximum atomic E-state index is 15.0. The Labute approximate surface area is 160 Å². The summed E-state index contributed by atoms with van der Waals surface area (Å²) < 4.78 is 68.9. The summed E-state index contributed by atoms with van der Waals surface area (Å²) in [5.41, 5.74) is 5.70. The van der Waals surface area contributed by atoms with E-state index in [4.69, 9.17) is 5.73 Å². The van der Waals surface area contributed by atoms with Crippen LogP contribution in [0.15, 0.2) is 18.6 Å². The van der Waals surface area contributed by atoms with E-state index in [9.17, 15) is 27.1 Å². The molecule has 3 aromatic heterocycles. The third kappa shape index (κ3) is 3.26. The van der Waals surface area contributed by atoms with E-state index in [1.54, 1.807) is 0 Å². The number of halogens is 5. The number of hydrogen-bond donors (Lipinski definition) is 4. The molecule has 0 spiro atoms. The lowest BCUT2D eigenvalue weighted by Gasteiger charge is -2.36. The quantitative estimate of drug-likeness (QED) is 0.487. The van der Waals surface area contributed by atoms with Crippen LogP contribution in [0.5, 0.6) is 5.88 Å². The molecular weight excluding hydrogens is 399 g/mol. The van der Waals surface area contributed by atoms with Crippen LogP contribution < -0.4 is 11.1 Å². The van der Waals surface area contributed by atoms with E-state index < -0.39 is 36.3 Å². The van der Waals surface area contributed by atoms with E-state index in [-0.39, 0.29) is 47.1 Å². The molecule has 0 bridgehead atoms. The van der Waals surface area contributed by atoms with Crippen LogP contribution in [0.3, 0.4) is 0 Å². The van der Waals surface area contributed by atoms with Crippen molar-refractivity contribution in [3.8, 4) is 17.1 Å². The Bertz CT molecular complexity index is 1050. The Morgan fingerprint density at radius 1 is 1.38 bits per heavy atom. The smallest absolute Gasteiger partial charge is 0.333 e. The van der Waals surface area contributed by atoms with Gasteiger partial charge >= 0.3 is 6.55 Å². The van der Waals surface area contributed by atoms with Crippen LogP contribution >= 0.6 is 0 Å². The van der Waals surface area contributed by atoms with Gasteiger partial charge in [-0.1, -0.05) is 0 Å². The highest BCUT2D eigenvalue weighted by Crippen LogP contribution is 2.39. The van der Waals surface area contributed by atoms with Gasteiger partial charge in [0.25, 0.3) is 5.92 Å². The van der Waals surface area contributed by atoms with Gasteiger partial charge in [-0.3, -0.25) is 0 Å². The topological polar surface area (TPSA) is 105 Å². The molecule has 4 rings (SSSR count). The molecule has 1 aliphatic carbocycles. The number of nitrogens with zero attached hydrogens (tertiary/aromatic N) is 3. The highest BCUT2D eigenvalue weighted by atomic mass is 19.3. The lowest BCUT2D eigenvalue weighted by Crippen LogP contribution is -2.55. The van der Waals surface area contributed by atoms with Crippen molar-refractivity contribution in [3.05, 3.63) is 24.4 Å². The average molecular weight is 416 g/mol. The molecule has 2 atom stereocenters. The van der Waals surface area contributed by atoms with Crippen molar-refractivity contribution < 1.29 is 27.1 Å². The minimum absolute atomic E-state index is 0.0364. The molecule has 29 heavy (non-hydrogen) atoms. The van der Waals surface area contributed by atoms with Crippen LogP contribution in [0, 0.1) is 5.82 Å². The van der Waals surface area contributed by atoms with Crippen molar-refractivity contribution in [1.29, 1.82) is 0 Å². The number of aromatic amines is 1. The van der Waals surface area contributed by atoms with Crippen LogP contribution in [-0.4, -0.2) is 42.9 Å². The first-order valence-electron chi connectivity index (χ1n) is 8.81. The van der Waals surface area contributed by atoms with Gasteiger partial charge in [-0.05, 0) is 12.8 Å². The molecule has 1 saturated carbocycles. The number of rotatable bonds is 4. The van der Waals surface area contributed by atoms with Crippen LogP contribution in [0.1, 0.15) is 25.8 Å². The number of nitrogens with one attached hydrogen (secondary N) is 2. The fraction of sp³-hybridized carbons (Fsp3) is 0.412. The Kier molecular flexibility index (Phi) is 4.60. The third-order valence-corrected chi connectivity index (χ3v) is 5.11. The number of anilines is 1. The highest BCUT2D eigenvalue weighted by molar-refractivity contribution is 6.00. The molecule has 3 heterocycles. The molecule has 12 heteroatoms. The standard InChI is InChI=1S/C17H17F5N6O/c18-11-8-5-24-15(29)10(8)12(7-4-25-28(6-7)16(19)20)27-14(11)26-9-2-1-3-17(21,22)13(9)23/h4-6,9,13,16,24,26,29H,1-3,23H2/t9?,13-/m1/s1. The molecule has 1 unspecified atom stereocenters. The largest absolute Gasteiger partial charge is 0.494 e. The Morgan fingerprint density at radius 2 is 2.14 bits per heavy atom. The normalized spacial score (nSPS) is 21.8. The number of aromatic nitrogens is 4. The SMILES string of the molecule is N[C@@H]1C(Nc2nc(-c3cnn(C(F)F)c3)c3c(O)[nH]cc3c2F)CCCC1(F)F. The van der Waals surface area contributed by atoms with Crippen molar-refractivity contribution in [1.82, 2.24) is 19.7 Å². The predicted molar refractivity (Wildman–Crippen MR) is 94.4 cm³/mol. The Balaban J connectivity index is 1.80. The lowest BCUT2D eigenvalue weighted by atomic mass is 9.87. The second-order valence-corrected chi connectivity index (χ2v) is 6.97. The van der Waals surface area contributed by atoms with E-state index in [1.165, 1.54) is 6.20 Å². The summed E-state index contributed by atoms with van der Waals surface area (Å²) in [4.78, 5) is 6.53. The second kappa shape index (κ2) is 6.87. The van der Waals surface area contributed by atoms with Crippen molar-refractivity contribution in [3.63, 3.8) is 0 Å². The average Bonchev–Trinajstić information content (AvgIpc) is 3.29. The van der Waals surface area contributed by atoms with Gasteiger partial charge in [-0.15, -0.1) is 0 Å². The molecular formula is C17H17F5N6O. The van der Waals surface area contributed by atoms with E-state index in [1.807, 2.05) is 0 Å². The summed E-state index contributed by atoms with van der Waals surface area (Å²) in [5, 5.41) is 16.1. The molecule has 1 aliphatic rings. The maximum Gasteiger partial charge on any atom is 0.333 e. The number of pyridine rings is 1. The first-order valence-corrected chi connectivity index (χ1v) is 8.81. The van der Waals surface area contributed by atoms with Crippen LogP contribution in [0.4, 0.5) is 27.8 Å². The minimum Gasteiger partial charge on any atom is -0.494 e. The van der Waals surface area contributed by atoms with Crippen LogP contribution in [0.2, 0.25) is 0 Å². The lowest BCUT2D eigenvalue weighted by molar-refractivity contribution is -0.0555. The van der Waals surface area contributed by atoms with E-state index in [0.29, 0.717) is 4.68 Å². The summed E-state index contributed by atoms with van der Waals surface area (Å²) in [6.45, 7) is -2.90. The molecule has 5 N–H and O–H groups in total. The molecule has 3 aromatic rings. The highest BCUT2D eigenvalue weighted by Gasteiger charge is 2.45. The summed E-state index contributed by atoms with van der Waals surface area (Å²) in [6, 6.07) is -2.49. The zero-order valence-electron chi connectivity index (χ0n) is 14.8. The fourth-order valence-electron chi connectivity index (χ4n) is 3.58. The molecule has 156 valence electrons. The van der Waals surface area contributed by atoms with E-state index in [2.05, 4.69) is 20.4 Å². The predicted octanol–water partition coefficient (Wildman–Crippen LogP) is 3.59. The van der Waals surface area contributed by atoms with Crippen molar-refractivity contribution in [2.24, 2.45) is 5.73 Å². The molecule has 1 fully saturated rings. The zero-order chi connectivity index (χ0) is 20.9. The number of aromatic hydroxyl groups is 1. The number of nitrogens with two attached hydrogens (primary N) is 1. The summed E-state index contributed by atoms with van der Waals surface area (Å²) in [5.74, 6) is -4.78. The fourth-order valence-corrected chi connectivity index (χ4v) is 3.58. The van der Waals surface area contributed by atoms with Crippen molar-refractivity contribution >= 4 is 16.6 Å². The van der Waals surface area contributed by atoms with Gasteiger partial charge in [-0.25, -0.2) is 22.8 Å². The van der Waals surface area contributed by atoms with Gasteiger partial charge in [-0.2, -0.15) is 13.9 Å². The van der Waals surface area contributed by atoms with E-state index >= 15 is 0 Å². The maximum absolute atomic E-state index is 15.0. The molecule has 7 nitrogen and oxygen atoms in total. The van der Waals surface area contributed by atoms with Gasteiger partial charge in [0.2, 0.25) is 0 Å². The zero-order valence-corrected chi connectivity index (χ0v) is 14.8. The first-order chi connectivity index (χ1) is 13.7. The van der Waals surface area contributed by atoms with Crippen LogP contribution in [0.25, 0.3) is 22.0 Å². The van der Waals surface area contributed by atoms with Gasteiger partial charge in [0, 0.05) is 35.8 Å². The van der Waals surface area contributed by atoms with Gasteiger partial charge in [0.05, 0.1) is 23.3 Å². The summed E-state index contributed by atoms with van der Waals surface area (Å²) in [7, 11) is 0. The number of H-pyrrole nitrogens is 1. The van der Waals surface area contributed by atoms with Gasteiger partial charge < -0.3 is 21.1 Å². The monoisotopic (exact) mass is 416 g/mol. The Hall–Kier alpha value is -2.89. The summed E-state index contributed by atoms with van der Waals surface area (Å²) >= 11 is 0. The molecule has 0 amide bonds. The van der Waals surface area contributed by atoms with Crippen molar-refractivity contribution in [2.45, 2.75) is 43.8 Å². The molecule has 0 saturated heterocycles. The summed E-state index contributed by atoms with van der Waals surface area (Å²) in [6.07, 6.45) is 3.37. The van der Waals surface area contributed by atoms with Gasteiger partial charge in [0.1, 0.15) is 0 Å². The Morgan fingerprint density at radius 3 is 2.83 bits per heavy atom. The van der Waals surface area contributed by atoms with Gasteiger partial charge in [0.15, 0.2) is 17.5 Å². The number of fused-ring (bicyclic) bond motifs is 1. The number of hydrogen-bond acceptors (Lipinski definition) is 5. The first kappa shape index (κ1) is 19.4. The third-order valence-electron chi connectivity index (χ3n) is 5.11. The van der Waals surface area contributed by atoms with Crippen molar-refractivity contribution in [2.75, 3.05) is 5.32 Å². The second-order valence-electron chi connectivity index (χ2n) is 6.97. The molecule has 0 aliphatic heterocycles. The van der Waals surface area contributed by atoms with Crippen LogP contribution in [-0.2, 0) is 0 Å². The molecule has 0 aromatic carbocycles. The minimum atomic E-state index is -3.11. The molecule has 0 radical (unpaired) electrons. The van der Waals surface area contributed by atoms with E-state index in [0.717, 1.165) is 12.4 Å².